The predicted molar refractivity (Wildman–Crippen MR) is 118 cm³/mol. The number of pyridine rings is 1. The van der Waals surface area contributed by atoms with Crippen LogP contribution in [0.25, 0.3) is 11.3 Å². The van der Waals surface area contributed by atoms with Crippen molar-refractivity contribution in [3.8, 4) is 17.0 Å². The summed E-state index contributed by atoms with van der Waals surface area (Å²) in [5, 5.41) is 3.29. The second kappa shape index (κ2) is 9.91. The minimum atomic E-state index is -4.77. The molecule has 0 bridgehead atoms. The maximum Gasteiger partial charge on any atom is 0.573 e. The van der Waals surface area contributed by atoms with Gasteiger partial charge in [-0.15, -0.1) is 13.2 Å². The van der Waals surface area contributed by atoms with Crippen LogP contribution in [-0.4, -0.2) is 28.3 Å². The number of halogens is 4. The number of carbonyl (C=O) groups excluding carboxylic acids is 1. The third-order valence-corrected chi connectivity index (χ3v) is 4.76. The molecular formula is C23H21ClF3N3O2. The highest BCUT2D eigenvalue weighted by atomic mass is 35.5. The first-order chi connectivity index (χ1) is 15.1. The van der Waals surface area contributed by atoms with Crippen LogP contribution >= 0.6 is 11.6 Å². The second-order valence-electron chi connectivity index (χ2n) is 7.28. The van der Waals surface area contributed by atoms with E-state index < -0.39 is 6.36 Å². The van der Waals surface area contributed by atoms with Crippen LogP contribution < -0.4 is 10.1 Å². The Bertz CT molecular complexity index is 1070. The van der Waals surface area contributed by atoms with Crippen molar-refractivity contribution in [2.24, 2.45) is 0 Å². The summed E-state index contributed by atoms with van der Waals surface area (Å²) in [5.74, 6) is -0.359. The number of ether oxygens (including phenoxy) is 1. The van der Waals surface area contributed by atoms with E-state index in [1.54, 1.807) is 23.2 Å². The molecule has 0 saturated carbocycles. The highest BCUT2D eigenvalue weighted by Crippen LogP contribution is 2.25. The minimum Gasteiger partial charge on any atom is -0.406 e. The van der Waals surface area contributed by atoms with E-state index in [1.165, 1.54) is 12.1 Å². The molecule has 2 amide bonds. The van der Waals surface area contributed by atoms with Crippen LogP contribution in [0, 0.1) is 0 Å². The van der Waals surface area contributed by atoms with Gasteiger partial charge in [0.2, 0.25) is 0 Å². The number of nitrogens with zero attached hydrogens (tertiary/aromatic N) is 2. The van der Waals surface area contributed by atoms with Crippen LogP contribution in [0.2, 0.25) is 5.02 Å². The zero-order valence-electron chi connectivity index (χ0n) is 17.4. The number of aromatic nitrogens is 1. The molecule has 0 aliphatic rings. The summed E-state index contributed by atoms with van der Waals surface area (Å²) in [5.41, 5.74) is 2.84. The fourth-order valence-corrected chi connectivity index (χ4v) is 3.17. The summed E-state index contributed by atoms with van der Waals surface area (Å²) < 4.78 is 40.7. The van der Waals surface area contributed by atoms with Crippen molar-refractivity contribution in [2.45, 2.75) is 32.8 Å². The Kier molecular flexibility index (Phi) is 7.25. The van der Waals surface area contributed by atoms with Crippen LogP contribution in [-0.2, 0) is 6.54 Å². The molecule has 0 saturated heterocycles. The molecular weight excluding hydrogens is 443 g/mol. The van der Waals surface area contributed by atoms with E-state index in [0.29, 0.717) is 17.3 Å². The second-order valence-corrected chi connectivity index (χ2v) is 7.72. The molecule has 9 heteroatoms. The van der Waals surface area contributed by atoms with E-state index in [9.17, 15) is 18.0 Å². The molecule has 0 radical (unpaired) electrons. The van der Waals surface area contributed by atoms with Gasteiger partial charge in [0.1, 0.15) is 5.75 Å². The van der Waals surface area contributed by atoms with Crippen molar-refractivity contribution >= 4 is 23.3 Å². The van der Waals surface area contributed by atoms with E-state index >= 15 is 0 Å². The Morgan fingerprint density at radius 1 is 1.12 bits per heavy atom. The molecule has 32 heavy (non-hydrogen) atoms. The maximum absolute atomic E-state index is 12.8. The molecule has 2 aromatic carbocycles. The molecule has 1 heterocycles. The smallest absolute Gasteiger partial charge is 0.406 e. The molecule has 0 aliphatic carbocycles. The van der Waals surface area contributed by atoms with Crippen molar-refractivity contribution in [3.63, 3.8) is 0 Å². The predicted octanol–water partition coefficient (Wildman–Crippen LogP) is 6.74. The largest absolute Gasteiger partial charge is 0.573 e. The lowest BCUT2D eigenvalue weighted by Gasteiger charge is -2.27. The number of nitrogens with one attached hydrogen (secondary N) is 1. The van der Waals surface area contributed by atoms with Crippen LogP contribution in [0.3, 0.4) is 0 Å². The maximum atomic E-state index is 12.8. The zero-order valence-corrected chi connectivity index (χ0v) is 18.1. The third-order valence-electron chi connectivity index (χ3n) is 4.52. The van der Waals surface area contributed by atoms with Gasteiger partial charge in [0.15, 0.2) is 0 Å². The number of anilines is 1. The lowest BCUT2D eigenvalue weighted by Crippen LogP contribution is -2.39. The SMILES string of the molecule is CC(C)N(Cc1cccc(-c2cc(Cl)ccn2)c1)C(=O)Nc1ccc(OC(F)(F)F)cc1. The van der Waals surface area contributed by atoms with Crippen molar-refractivity contribution < 1.29 is 22.7 Å². The van der Waals surface area contributed by atoms with Crippen LogP contribution in [0.5, 0.6) is 5.75 Å². The van der Waals surface area contributed by atoms with Gasteiger partial charge in [-0.25, -0.2) is 4.79 Å². The van der Waals surface area contributed by atoms with Gasteiger partial charge in [0.25, 0.3) is 0 Å². The fourth-order valence-electron chi connectivity index (χ4n) is 3.01. The topological polar surface area (TPSA) is 54.5 Å². The molecule has 1 aromatic heterocycles. The number of hydrogen-bond donors (Lipinski definition) is 1. The van der Waals surface area contributed by atoms with Crippen molar-refractivity contribution in [3.05, 3.63) is 77.4 Å². The molecule has 0 spiro atoms. The standard InChI is InChI=1S/C23H21ClF3N3O2/c1-15(2)30(22(31)29-19-6-8-20(9-7-19)32-23(25,26)27)14-16-4-3-5-17(12-16)21-13-18(24)10-11-28-21/h3-13,15H,14H2,1-2H3,(H,29,31). The Hall–Kier alpha value is -3.26. The van der Waals surface area contributed by atoms with E-state index in [0.717, 1.165) is 29.0 Å². The Labute approximate surface area is 188 Å². The highest BCUT2D eigenvalue weighted by Gasteiger charge is 2.31. The summed E-state index contributed by atoms with van der Waals surface area (Å²) in [6, 6.07) is 15.6. The summed E-state index contributed by atoms with van der Waals surface area (Å²) >= 11 is 6.06. The van der Waals surface area contributed by atoms with Gasteiger partial charge in [0, 0.05) is 35.1 Å². The van der Waals surface area contributed by atoms with Gasteiger partial charge in [0.05, 0.1) is 5.69 Å². The van der Waals surface area contributed by atoms with Gasteiger partial charge in [-0.2, -0.15) is 0 Å². The number of alkyl halides is 3. The van der Waals surface area contributed by atoms with Gasteiger partial charge in [-0.3, -0.25) is 4.98 Å². The minimum absolute atomic E-state index is 0.129. The van der Waals surface area contributed by atoms with Crippen molar-refractivity contribution in [1.29, 1.82) is 0 Å². The average molecular weight is 464 g/mol. The van der Waals surface area contributed by atoms with Crippen LogP contribution in [0.1, 0.15) is 19.4 Å². The number of hydrogen-bond acceptors (Lipinski definition) is 3. The Morgan fingerprint density at radius 3 is 2.47 bits per heavy atom. The van der Waals surface area contributed by atoms with Crippen LogP contribution in [0.15, 0.2) is 66.9 Å². The molecule has 3 aromatic rings. The number of urea groups is 1. The first kappa shape index (κ1) is 23.4. The lowest BCUT2D eigenvalue weighted by molar-refractivity contribution is -0.274. The molecule has 0 atom stereocenters. The zero-order chi connectivity index (χ0) is 23.3. The summed E-state index contributed by atoms with van der Waals surface area (Å²) in [6.07, 6.45) is -3.14. The molecule has 5 nitrogen and oxygen atoms in total. The highest BCUT2D eigenvalue weighted by molar-refractivity contribution is 6.30. The van der Waals surface area contributed by atoms with Crippen molar-refractivity contribution in [1.82, 2.24) is 9.88 Å². The molecule has 168 valence electrons. The summed E-state index contributed by atoms with van der Waals surface area (Å²) in [6.45, 7) is 4.08. The van der Waals surface area contributed by atoms with Gasteiger partial charge in [-0.05, 0) is 61.9 Å². The van der Waals surface area contributed by atoms with Crippen molar-refractivity contribution in [2.75, 3.05) is 5.32 Å². The van der Waals surface area contributed by atoms with Gasteiger partial charge >= 0.3 is 12.4 Å². The first-order valence-corrected chi connectivity index (χ1v) is 10.1. The van der Waals surface area contributed by atoms with E-state index in [4.69, 9.17) is 11.6 Å². The normalized spacial score (nSPS) is 11.3. The first-order valence-electron chi connectivity index (χ1n) is 9.75. The van der Waals surface area contributed by atoms with E-state index in [1.807, 2.05) is 38.1 Å². The van der Waals surface area contributed by atoms with E-state index in [-0.39, 0.29) is 17.8 Å². The lowest BCUT2D eigenvalue weighted by atomic mass is 10.1. The molecule has 0 aliphatic heterocycles. The number of carbonyl (C=O) groups is 1. The van der Waals surface area contributed by atoms with E-state index in [2.05, 4.69) is 15.0 Å². The third kappa shape index (κ3) is 6.62. The number of benzene rings is 2. The number of rotatable bonds is 6. The Morgan fingerprint density at radius 2 is 1.84 bits per heavy atom. The van der Waals surface area contributed by atoms with Gasteiger partial charge in [-0.1, -0.05) is 29.8 Å². The Balaban J connectivity index is 1.72. The molecule has 0 unspecified atom stereocenters. The number of amides is 2. The molecule has 3 rings (SSSR count). The fraction of sp³-hybridized carbons (Fsp3) is 0.217. The monoisotopic (exact) mass is 463 g/mol. The van der Waals surface area contributed by atoms with Crippen LogP contribution in [0.4, 0.5) is 23.7 Å². The molecule has 0 fully saturated rings. The quantitative estimate of drug-likeness (QED) is 0.440. The summed E-state index contributed by atoms with van der Waals surface area (Å²) in [7, 11) is 0. The molecule has 1 N–H and O–H groups in total. The van der Waals surface area contributed by atoms with Gasteiger partial charge < -0.3 is 15.0 Å². The summed E-state index contributed by atoms with van der Waals surface area (Å²) in [4.78, 5) is 18.8. The average Bonchev–Trinajstić information content (AvgIpc) is 2.72.